The van der Waals surface area contributed by atoms with Crippen molar-refractivity contribution in [1.82, 2.24) is 13.3 Å². The summed E-state index contributed by atoms with van der Waals surface area (Å²) in [4.78, 5) is 5.02. The predicted molar refractivity (Wildman–Crippen MR) is 120 cm³/mol. The second kappa shape index (κ2) is 7.60. The number of sulfonamides is 1. The van der Waals surface area contributed by atoms with Crippen molar-refractivity contribution in [2.45, 2.75) is 16.7 Å². The molecule has 0 radical (unpaired) electrons. The third kappa shape index (κ3) is 3.65. The highest BCUT2D eigenvalue weighted by Crippen LogP contribution is 2.28. The molecular formula is C22H21N3O4S2. The van der Waals surface area contributed by atoms with Gasteiger partial charge in [0.25, 0.3) is 10.0 Å². The number of hydrogen-bond acceptors (Lipinski definition) is 5. The molecule has 31 heavy (non-hydrogen) atoms. The first-order valence-corrected chi connectivity index (χ1v) is 12.3. The average Bonchev–Trinajstić information content (AvgIpc) is 3.18. The normalized spacial score (nSPS) is 12.5. The van der Waals surface area contributed by atoms with Gasteiger partial charge in [-0.3, -0.25) is 0 Å². The number of benzene rings is 2. The number of pyridine rings is 1. The Bertz CT molecular complexity index is 1490. The van der Waals surface area contributed by atoms with E-state index in [1.54, 1.807) is 66.7 Å². The van der Waals surface area contributed by atoms with Crippen molar-refractivity contribution >= 4 is 31.1 Å². The molecule has 4 rings (SSSR count). The molecule has 0 N–H and O–H groups in total. The molecule has 160 valence electrons. The van der Waals surface area contributed by atoms with E-state index in [0.717, 1.165) is 11.1 Å². The maximum atomic E-state index is 13.0. The van der Waals surface area contributed by atoms with Gasteiger partial charge < -0.3 is 0 Å². The van der Waals surface area contributed by atoms with Crippen LogP contribution in [0.1, 0.15) is 5.56 Å². The molecule has 4 aromatic rings. The zero-order chi connectivity index (χ0) is 22.4. The van der Waals surface area contributed by atoms with Gasteiger partial charge in [-0.1, -0.05) is 24.3 Å². The van der Waals surface area contributed by atoms with Gasteiger partial charge in [0, 0.05) is 25.9 Å². The van der Waals surface area contributed by atoms with Crippen molar-refractivity contribution in [2.24, 2.45) is 0 Å². The summed E-state index contributed by atoms with van der Waals surface area (Å²) in [6.07, 6.45) is 1.49. The Labute approximate surface area is 181 Å². The van der Waals surface area contributed by atoms with E-state index in [9.17, 15) is 16.8 Å². The summed E-state index contributed by atoms with van der Waals surface area (Å²) in [5, 5.41) is 0. The molecule has 0 bridgehead atoms. The number of nitrogens with zero attached hydrogens (tertiary/aromatic N) is 3. The first-order chi connectivity index (χ1) is 14.6. The molecule has 0 aliphatic rings. The molecule has 0 spiro atoms. The van der Waals surface area contributed by atoms with Crippen LogP contribution in [0.2, 0.25) is 0 Å². The van der Waals surface area contributed by atoms with Crippen molar-refractivity contribution in [3.05, 3.63) is 78.5 Å². The molecule has 0 atom stereocenters. The Kier molecular flexibility index (Phi) is 5.20. The van der Waals surface area contributed by atoms with Gasteiger partial charge >= 0.3 is 0 Å². The maximum Gasteiger partial charge on any atom is 0.268 e. The van der Waals surface area contributed by atoms with E-state index in [2.05, 4.69) is 4.98 Å². The minimum Gasteiger partial charge on any atom is -0.246 e. The molecule has 7 nitrogen and oxygen atoms in total. The molecule has 9 heteroatoms. The van der Waals surface area contributed by atoms with Crippen LogP contribution in [0.4, 0.5) is 0 Å². The van der Waals surface area contributed by atoms with Crippen molar-refractivity contribution < 1.29 is 16.8 Å². The number of fused-ring (bicyclic) bond motifs is 1. The van der Waals surface area contributed by atoms with E-state index in [1.165, 1.54) is 28.6 Å². The van der Waals surface area contributed by atoms with Crippen molar-refractivity contribution in [3.63, 3.8) is 0 Å². The first-order valence-electron chi connectivity index (χ1n) is 9.44. The summed E-state index contributed by atoms with van der Waals surface area (Å²) in [6, 6.07) is 18.2. The van der Waals surface area contributed by atoms with E-state index in [-0.39, 0.29) is 9.79 Å². The summed E-state index contributed by atoms with van der Waals surface area (Å²) >= 11 is 0. The fraction of sp³-hybridized carbons (Fsp3) is 0.136. The summed E-state index contributed by atoms with van der Waals surface area (Å²) < 4.78 is 53.1. The van der Waals surface area contributed by atoms with E-state index in [4.69, 9.17) is 0 Å². The molecule has 0 saturated heterocycles. The van der Waals surface area contributed by atoms with Crippen molar-refractivity contribution in [1.29, 1.82) is 0 Å². The minimum absolute atomic E-state index is 0.199. The molecule has 0 unspecified atom stereocenters. The van der Waals surface area contributed by atoms with Gasteiger partial charge in [0.05, 0.1) is 26.5 Å². The van der Waals surface area contributed by atoms with Gasteiger partial charge in [0.1, 0.15) is 0 Å². The summed E-state index contributed by atoms with van der Waals surface area (Å²) in [5.74, 6) is 0. The monoisotopic (exact) mass is 455 g/mol. The van der Waals surface area contributed by atoms with E-state index < -0.39 is 20.0 Å². The molecule has 2 aromatic heterocycles. The second-order valence-corrected chi connectivity index (χ2v) is 11.3. The molecule has 0 amide bonds. The zero-order valence-electron chi connectivity index (χ0n) is 17.2. The molecule has 0 aliphatic heterocycles. The fourth-order valence-corrected chi connectivity index (χ4v) is 5.71. The summed E-state index contributed by atoms with van der Waals surface area (Å²) in [6.45, 7) is 1.82. The van der Waals surface area contributed by atoms with Crippen LogP contribution in [0.25, 0.3) is 22.3 Å². The Morgan fingerprint density at radius 1 is 0.839 bits per heavy atom. The largest absolute Gasteiger partial charge is 0.268 e. The first kappa shape index (κ1) is 21.2. The quantitative estimate of drug-likeness (QED) is 0.460. The number of aromatic nitrogens is 2. The van der Waals surface area contributed by atoms with Crippen LogP contribution in [0.5, 0.6) is 0 Å². The topological polar surface area (TPSA) is 89.3 Å². The lowest BCUT2D eigenvalue weighted by Gasteiger charge is -2.13. The van der Waals surface area contributed by atoms with E-state index in [1.807, 2.05) is 6.92 Å². The van der Waals surface area contributed by atoms with Crippen LogP contribution in [-0.4, -0.2) is 44.2 Å². The van der Waals surface area contributed by atoms with Crippen molar-refractivity contribution in [2.75, 3.05) is 14.1 Å². The van der Waals surface area contributed by atoms with E-state index in [0.29, 0.717) is 16.7 Å². The highest BCUT2D eigenvalue weighted by Gasteiger charge is 2.21. The Morgan fingerprint density at radius 3 is 2.19 bits per heavy atom. The Hall–Kier alpha value is -3.01. The third-order valence-corrected chi connectivity index (χ3v) is 8.58. The molecule has 0 fully saturated rings. The maximum absolute atomic E-state index is 13.0. The lowest BCUT2D eigenvalue weighted by atomic mass is 10.1. The summed E-state index contributed by atoms with van der Waals surface area (Å²) in [7, 11) is -4.29. The molecular weight excluding hydrogens is 434 g/mol. The van der Waals surface area contributed by atoms with Crippen LogP contribution in [-0.2, 0) is 20.0 Å². The highest BCUT2D eigenvalue weighted by atomic mass is 32.2. The molecule has 0 aliphatic carbocycles. The molecule has 0 saturated carbocycles. The summed E-state index contributed by atoms with van der Waals surface area (Å²) in [5.41, 5.74) is 3.16. The van der Waals surface area contributed by atoms with Crippen molar-refractivity contribution in [3.8, 4) is 11.3 Å². The van der Waals surface area contributed by atoms with Crippen LogP contribution in [0.15, 0.2) is 82.7 Å². The van der Waals surface area contributed by atoms with Gasteiger partial charge in [-0.05, 0) is 55.0 Å². The Balaban J connectivity index is 1.77. The second-order valence-electron chi connectivity index (χ2n) is 7.29. The Morgan fingerprint density at radius 2 is 1.55 bits per heavy atom. The van der Waals surface area contributed by atoms with Gasteiger partial charge in [-0.25, -0.2) is 30.1 Å². The predicted octanol–water partition coefficient (Wildman–Crippen LogP) is 3.50. The highest BCUT2D eigenvalue weighted by molar-refractivity contribution is 7.90. The smallest absolute Gasteiger partial charge is 0.246 e. The van der Waals surface area contributed by atoms with Crippen LogP contribution >= 0.6 is 0 Å². The zero-order valence-corrected chi connectivity index (χ0v) is 18.9. The van der Waals surface area contributed by atoms with E-state index >= 15 is 0 Å². The fourth-order valence-electron chi connectivity index (χ4n) is 3.36. The number of aryl methyl sites for hydroxylation is 1. The number of rotatable bonds is 5. The third-order valence-electron chi connectivity index (χ3n) is 5.06. The van der Waals surface area contributed by atoms with Crippen LogP contribution < -0.4 is 0 Å². The van der Waals surface area contributed by atoms with Gasteiger partial charge in [0.2, 0.25) is 10.0 Å². The molecule has 2 heterocycles. The SMILES string of the molecule is Cc1cc(S(=O)(=O)N(C)C)ccc1-c1ccc2c(ccn2S(=O)(=O)c2ccccc2)n1. The van der Waals surface area contributed by atoms with Gasteiger partial charge in [-0.15, -0.1) is 0 Å². The lowest BCUT2D eigenvalue weighted by molar-refractivity contribution is 0.520. The van der Waals surface area contributed by atoms with Crippen LogP contribution in [0.3, 0.4) is 0 Å². The van der Waals surface area contributed by atoms with Crippen LogP contribution in [0, 0.1) is 6.92 Å². The van der Waals surface area contributed by atoms with Gasteiger partial charge in [-0.2, -0.15) is 0 Å². The lowest BCUT2D eigenvalue weighted by Crippen LogP contribution is -2.22. The van der Waals surface area contributed by atoms with Gasteiger partial charge in [0.15, 0.2) is 0 Å². The molecule has 2 aromatic carbocycles. The number of hydrogen-bond donors (Lipinski definition) is 0. The minimum atomic E-state index is -3.73. The average molecular weight is 456 g/mol. The standard InChI is InChI=1S/C22H21N3O4S2/c1-16-15-18(30(26,27)24(2)3)9-10-19(16)20-11-12-22-21(23-20)13-14-25(22)31(28,29)17-7-5-4-6-8-17/h4-15H,1-3H3.